The number of halogens is 14. The molecule has 25 heavy (non-hydrogen) atoms. The van der Waals surface area contributed by atoms with E-state index in [1.54, 1.807) is 0 Å². The molecule has 0 heterocycles. The molecule has 0 aliphatic carbocycles. The van der Waals surface area contributed by atoms with E-state index in [9.17, 15) is 66.3 Å². The van der Waals surface area contributed by atoms with Crippen LogP contribution in [0.2, 0.25) is 0 Å². The van der Waals surface area contributed by atoms with Crippen LogP contribution in [0.3, 0.4) is 0 Å². The Morgan fingerprint density at radius 1 is 0.640 bits per heavy atom. The maximum absolute atomic E-state index is 12.9. The molecule has 0 fully saturated rings. The Morgan fingerprint density at radius 2 is 0.960 bits per heavy atom. The molecule has 0 aliphatic rings. The maximum Gasteiger partial charge on any atom is 0.460 e. The van der Waals surface area contributed by atoms with Crippen molar-refractivity contribution in [2.75, 3.05) is 0 Å². The Labute approximate surface area is 126 Å². The van der Waals surface area contributed by atoms with Gasteiger partial charge < -0.3 is 5.11 Å². The van der Waals surface area contributed by atoms with Crippen LogP contribution in [0, 0.1) is 0 Å². The van der Waals surface area contributed by atoms with Gasteiger partial charge in [-0.1, -0.05) is 0 Å². The first-order valence-corrected chi connectivity index (χ1v) is 5.15. The SMILES string of the molecule is O=C(O)C=C(F)C(F)(F)C(F)(F)C(F)(F)C(F)(F)C(F)(F)C(F)(F)F. The predicted octanol–water partition coefficient (Wildman–Crippen LogP) is 4.66. The fourth-order valence-electron chi connectivity index (χ4n) is 1.12. The highest BCUT2D eigenvalue weighted by molar-refractivity contribution is 5.80. The van der Waals surface area contributed by atoms with E-state index in [1.165, 1.54) is 0 Å². The van der Waals surface area contributed by atoms with Gasteiger partial charge in [-0.25, -0.2) is 9.18 Å². The first-order chi connectivity index (χ1) is 10.6. The van der Waals surface area contributed by atoms with Gasteiger partial charge in [0.2, 0.25) is 0 Å². The molecule has 148 valence electrons. The molecular weight excluding hydrogens is 406 g/mol. The van der Waals surface area contributed by atoms with Gasteiger partial charge in [-0.15, -0.1) is 0 Å². The molecule has 0 saturated heterocycles. The summed E-state index contributed by atoms with van der Waals surface area (Å²) in [5, 5.41) is 7.81. The van der Waals surface area contributed by atoms with Gasteiger partial charge in [0.25, 0.3) is 0 Å². The Morgan fingerprint density at radius 3 is 1.24 bits per heavy atom. The first kappa shape index (κ1) is 23.2. The minimum absolute atomic E-state index is 1.51. The van der Waals surface area contributed by atoms with Gasteiger partial charge in [0.05, 0.1) is 6.08 Å². The third kappa shape index (κ3) is 3.21. The van der Waals surface area contributed by atoms with Gasteiger partial charge in [0.1, 0.15) is 0 Å². The zero-order valence-corrected chi connectivity index (χ0v) is 10.7. The Balaban J connectivity index is 6.44. The zero-order chi connectivity index (χ0) is 20.9. The number of allylic oxidation sites excluding steroid dienone is 1. The standard InChI is InChI=1S/C9H2F14O2/c10-2(1-3(24)25)4(11,12)5(13,14)6(15,16)7(17,18)8(19,20)9(21,22)23/h1H,(H,24,25). The molecule has 0 amide bonds. The number of aliphatic carboxylic acids is 1. The Bertz CT molecular complexity index is 557. The minimum Gasteiger partial charge on any atom is -0.478 e. The lowest BCUT2D eigenvalue weighted by atomic mass is 9.93. The van der Waals surface area contributed by atoms with E-state index < -0.39 is 53.7 Å². The molecule has 0 radical (unpaired) electrons. The van der Waals surface area contributed by atoms with E-state index in [0.717, 1.165) is 0 Å². The lowest BCUT2D eigenvalue weighted by Crippen LogP contribution is -2.70. The Hall–Kier alpha value is -1.77. The zero-order valence-electron chi connectivity index (χ0n) is 10.7. The van der Waals surface area contributed by atoms with Gasteiger partial charge in [-0.2, -0.15) is 57.1 Å². The van der Waals surface area contributed by atoms with Gasteiger partial charge >= 0.3 is 41.8 Å². The van der Waals surface area contributed by atoms with E-state index >= 15 is 0 Å². The number of hydrogen-bond acceptors (Lipinski definition) is 1. The molecule has 0 rings (SSSR count). The second-order valence-corrected chi connectivity index (χ2v) is 4.20. The van der Waals surface area contributed by atoms with Crippen molar-refractivity contribution < 1.29 is 71.4 Å². The topological polar surface area (TPSA) is 37.3 Å². The van der Waals surface area contributed by atoms with Crippen molar-refractivity contribution in [3.63, 3.8) is 0 Å². The lowest BCUT2D eigenvalue weighted by molar-refractivity contribution is -0.437. The number of carboxylic acid groups (broad SMARTS) is 1. The number of carbonyl (C=O) groups is 1. The van der Waals surface area contributed by atoms with E-state index in [1.807, 2.05) is 0 Å². The number of hydrogen-bond donors (Lipinski definition) is 1. The highest BCUT2D eigenvalue weighted by atomic mass is 19.4. The van der Waals surface area contributed by atoms with Crippen molar-refractivity contribution in [1.29, 1.82) is 0 Å². The van der Waals surface area contributed by atoms with Crippen LogP contribution in [0.1, 0.15) is 0 Å². The van der Waals surface area contributed by atoms with Crippen molar-refractivity contribution in [2.45, 2.75) is 35.8 Å². The Kier molecular flexibility index (Phi) is 5.48. The third-order valence-corrected chi connectivity index (χ3v) is 2.48. The number of carboxylic acids is 1. The highest BCUT2D eigenvalue weighted by Crippen LogP contribution is 2.61. The predicted molar refractivity (Wildman–Crippen MR) is 47.6 cm³/mol. The van der Waals surface area contributed by atoms with Crippen molar-refractivity contribution in [3.05, 3.63) is 11.9 Å². The average Bonchev–Trinajstić information content (AvgIpc) is 2.35. The summed E-state index contributed by atoms with van der Waals surface area (Å²) >= 11 is 0. The molecule has 0 aromatic rings. The molecule has 0 spiro atoms. The van der Waals surface area contributed by atoms with E-state index in [0.29, 0.717) is 0 Å². The molecular formula is C9H2F14O2. The molecule has 0 atom stereocenters. The number of rotatable bonds is 6. The minimum atomic E-state index is -8.17. The van der Waals surface area contributed by atoms with Crippen LogP contribution < -0.4 is 0 Å². The molecule has 0 bridgehead atoms. The monoisotopic (exact) mass is 408 g/mol. The van der Waals surface area contributed by atoms with Crippen LogP contribution in [-0.2, 0) is 4.79 Å². The molecule has 0 aromatic carbocycles. The van der Waals surface area contributed by atoms with Crippen molar-refractivity contribution >= 4 is 5.97 Å². The average molecular weight is 408 g/mol. The van der Waals surface area contributed by atoms with E-state index in [2.05, 4.69) is 0 Å². The fourth-order valence-corrected chi connectivity index (χ4v) is 1.12. The van der Waals surface area contributed by atoms with E-state index in [4.69, 9.17) is 5.11 Å². The molecule has 0 aliphatic heterocycles. The summed E-state index contributed by atoms with van der Waals surface area (Å²) in [6.07, 6.45) is -9.09. The van der Waals surface area contributed by atoms with Crippen LogP contribution >= 0.6 is 0 Å². The van der Waals surface area contributed by atoms with Crippen LogP contribution in [0.25, 0.3) is 0 Å². The van der Waals surface area contributed by atoms with Crippen molar-refractivity contribution in [1.82, 2.24) is 0 Å². The summed E-state index contributed by atoms with van der Waals surface area (Å²) in [5.41, 5.74) is 0. The van der Waals surface area contributed by atoms with Gasteiger partial charge in [-0.3, -0.25) is 0 Å². The van der Waals surface area contributed by atoms with Gasteiger partial charge in [0.15, 0.2) is 5.83 Å². The van der Waals surface area contributed by atoms with Crippen molar-refractivity contribution in [3.8, 4) is 0 Å². The summed E-state index contributed by atoms with van der Waals surface area (Å²) in [4.78, 5) is 9.82. The summed E-state index contributed by atoms with van der Waals surface area (Å²) in [7, 11) is 0. The lowest BCUT2D eigenvalue weighted by Gasteiger charge is -2.39. The van der Waals surface area contributed by atoms with Gasteiger partial charge in [-0.05, 0) is 0 Å². The summed E-state index contributed by atoms with van der Waals surface area (Å²) in [5.74, 6) is -46.2. The van der Waals surface area contributed by atoms with Crippen LogP contribution in [0.15, 0.2) is 11.9 Å². The molecule has 16 heteroatoms. The second-order valence-electron chi connectivity index (χ2n) is 4.20. The van der Waals surface area contributed by atoms with Crippen LogP contribution in [0.5, 0.6) is 0 Å². The second kappa shape index (κ2) is 5.89. The molecule has 2 nitrogen and oxygen atoms in total. The van der Waals surface area contributed by atoms with Crippen LogP contribution in [0.4, 0.5) is 61.5 Å². The molecule has 0 unspecified atom stereocenters. The summed E-state index contributed by atoms with van der Waals surface area (Å²) in [6, 6.07) is 0. The van der Waals surface area contributed by atoms with E-state index in [-0.39, 0.29) is 0 Å². The van der Waals surface area contributed by atoms with Gasteiger partial charge in [0, 0.05) is 0 Å². The molecule has 0 aromatic heterocycles. The normalized spacial score (nSPS) is 16.2. The summed E-state index contributed by atoms with van der Waals surface area (Å²) < 4.78 is 175. The molecule has 0 saturated carbocycles. The summed E-state index contributed by atoms with van der Waals surface area (Å²) in [6.45, 7) is 0. The number of alkyl halides is 13. The smallest absolute Gasteiger partial charge is 0.460 e. The third-order valence-electron chi connectivity index (χ3n) is 2.48. The molecule has 1 N–H and O–H groups in total. The largest absolute Gasteiger partial charge is 0.478 e. The maximum atomic E-state index is 12.9. The quantitative estimate of drug-likeness (QED) is 0.513. The first-order valence-electron chi connectivity index (χ1n) is 5.15. The van der Waals surface area contributed by atoms with Crippen LogP contribution in [-0.4, -0.2) is 46.9 Å². The van der Waals surface area contributed by atoms with Crippen molar-refractivity contribution in [2.24, 2.45) is 0 Å². The highest BCUT2D eigenvalue weighted by Gasteiger charge is 2.91. The fraction of sp³-hybridized carbons (Fsp3) is 0.667.